The molecule has 0 atom stereocenters. The Hall–Kier alpha value is -2.36. The van der Waals surface area contributed by atoms with Crippen LogP contribution in [0.2, 0.25) is 0 Å². The minimum atomic E-state index is -0.984. The van der Waals surface area contributed by atoms with E-state index in [9.17, 15) is 9.90 Å². The number of hydrogen-bond acceptors (Lipinski definition) is 2. The van der Waals surface area contributed by atoms with E-state index in [1.807, 2.05) is 30.3 Å². The number of carbonyl (C=O) groups is 1. The van der Waals surface area contributed by atoms with Gasteiger partial charge in [0.25, 0.3) is 0 Å². The third-order valence-corrected chi connectivity index (χ3v) is 2.37. The molecule has 0 spiro atoms. The molecule has 0 aliphatic rings. The Morgan fingerprint density at radius 1 is 1.18 bits per heavy atom. The molecule has 0 aliphatic carbocycles. The smallest absolute Gasteiger partial charge is 0.412 e. The van der Waals surface area contributed by atoms with Crippen molar-refractivity contribution in [2.75, 3.05) is 4.90 Å². The molecule has 4 nitrogen and oxygen atoms in total. The van der Waals surface area contributed by atoms with Crippen molar-refractivity contribution in [3.63, 3.8) is 0 Å². The number of benzene rings is 1. The van der Waals surface area contributed by atoms with Gasteiger partial charge in [-0.25, -0.2) is 4.79 Å². The van der Waals surface area contributed by atoms with Gasteiger partial charge in [0, 0.05) is 6.20 Å². The van der Waals surface area contributed by atoms with Crippen LogP contribution in [0.1, 0.15) is 5.56 Å². The second kappa shape index (κ2) is 5.12. The van der Waals surface area contributed by atoms with Crippen LogP contribution >= 0.6 is 0 Å². The average Bonchev–Trinajstić information content (AvgIpc) is 2.38. The standard InChI is InChI=1S/C13H12N2O2/c16-13(17)15(12-7-4-8-14-9-12)10-11-5-2-1-3-6-11/h1-9H,10H2,(H,16,17). The zero-order valence-corrected chi connectivity index (χ0v) is 9.15. The number of nitrogens with zero attached hydrogens (tertiary/aromatic N) is 2. The Morgan fingerprint density at radius 2 is 1.94 bits per heavy atom. The predicted octanol–water partition coefficient (Wildman–Crippen LogP) is 2.77. The molecule has 1 heterocycles. The van der Waals surface area contributed by atoms with E-state index < -0.39 is 6.09 Å². The maximum atomic E-state index is 11.2. The molecular weight excluding hydrogens is 216 g/mol. The summed E-state index contributed by atoms with van der Waals surface area (Å²) < 4.78 is 0. The number of rotatable bonds is 3. The first-order valence-electron chi connectivity index (χ1n) is 5.22. The zero-order valence-electron chi connectivity index (χ0n) is 9.15. The molecule has 17 heavy (non-hydrogen) atoms. The van der Waals surface area contributed by atoms with Crippen LogP contribution in [-0.4, -0.2) is 16.2 Å². The van der Waals surface area contributed by atoms with Gasteiger partial charge in [-0.05, 0) is 17.7 Å². The van der Waals surface area contributed by atoms with Gasteiger partial charge in [-0.1, -0.05) is 30.3 Å². The molecule has 2 rings (SSSR count). The second-order valence-corrected chi connectivity index (χ2v) is 3.57. The number of pyridine rings is 1. The van der Waals surface area contributed by atoms with E-state index in [4.69, 9.17) is 0 Å². The highest BCUT2D eigenvalue weighted by molar-refractivity contribution is 5.85. The van der Waals surface area contributed by atoms with Gasteiger partial charge in [-0.3, -0.25) is 9.88 Å². The molecule has 0 radical (unpaired) electrons. The van der Waals surface area contributed by atoms with E-state index in [-0.39, 0.29) is 0 Å². The highest BCUT2D eigenvalue weighted by Crippen LogP contribution is 2.15. The molecule has 1 aromatic carbocycles. The summed E-state index contributed by atoms with van der Waals surface area (Å²) in [5, 5.41) is 9.19. The minimum Gasteiger partial charge on any atom is -0.465 e. The quantitative estimate of drug-likeness (QED) is 0.878. The summed E-state index contributed by atoms with van der Waals surface area (Å²) in [6, 6.07) is 12.9. The summed E-state index contributed by atoms with van der Waals surface area (Å²) in [5.74, 6) is 0. The Morgan fingerprint density at radius 3 is 2.53 bits per heavy atom. The maximum absolute atomic E-state index is 11.2. The number of carboxylic acid groups (broad SMARTS) is 1. The van der Waals surface area contributed by atoms with E-state index in [1.165, 1.54) is 11.1 Å². The van der Waals surface area contributed by atoms with E-state index >= 15 is 0 Å². The van der Waals surface area contributed by atoms with Gasteiger partial charge >= 0.3 is 6.09 Å². The lowest BCUT2D eigenvalue weighted by atomic mass is 10.2. The molecule has 0 bridgehead atoms. The van der Waals surface area contributed by atoms with E-state index in [1.54, 1.807) is 18.3 Å². The summed E-state index contributed by atoms with van der Waals surface area (Å²) in [6.45, 7) is 0.321. The van der Waals surface area contributed by atoms with Gasteiger partial charge in [0.15, 0.2) is 0 Å². The highest BCUT2D eigenvalue weighted by atomic mass is 16.4. The number of hydrogen-bond donors (Lipinski definition) is 1. The molecule has 2 aromatic rings. The Kier molecular flexibility index (Phi) is 3.35. The fraction of sp³-hybridized carbons (Fsp3) is 0.0769. The number of amides is 1. The number of aromatic nitrogens is 1. The molecule has 0 saturated carbocycles. The van der Waals surface area contributed by atoms with Crippen molar-refractivity contribution in [2.24, 2.45) is 0 Å². The molecule has 0 unspecified atom stereocenters. The molecule has 86 valence electrons. The normalized spacial score (nSPS) is 9.88. The highest BCUT2D eigenvalue weighted by Gasteiger charge is 2.14. The first kappa shape index (κ1) is 11.1. The first-order valence-corrected chi connectivity index (χ1v) is 5.22. The maximum Gasteiger partial charge on any atom is 0.412 e. The van der Waals surface area contributed by atoms with Gasteiger partial charge in [0.2, 0.25) is 0 Å². The van der Waals surface area contributed by atoms with Crippen molar-refractivity contribution in [1.82, 2.24) is 4.98 Å². The second-order valence-electron chi connectivity index (χ2n) is 3.57. The monoisotopic (exact) mass is 228 g/mol. The lowest BCUT2D eigenvalue weighted by molar-refractivity contribution is 0.201. The summed E-state index contributed by atoms with van der Waals surface area (Å²) in [5.41, 5.74) is 1.52. The summed E-state index contributed by atoms with van der Waals surface area (Å²) >= 11 is 0. The van der Waals surface area contributed by atoms with Crippen LogP contribution < -0.4 is 4.90 Å². The van der Waals surface area contributed by atoms with Crippen LogP contribution in [0.5, 0.6) is 0 Å². The van der Waals surface area contributed by atoms with Crippen LogP contribution in [-0.2, 0) is 6.54 Å². The summed E-state index contributed by atoms with van der Waals surface area (Å²) in [4.78, 5) is 16.4. The van der Waals surface area contributed by atoms with Gasteiger partial charge in [0.1, 0.15) is 0 Å². The largest absolute Gasteiger partial charge is 0.465 e. The van der Waals surface area contributed by atoms with Crippen LogP contribution in [0.15, 0.2) is 54.9 Å². The van der Waals surface area contributed by atoms with E-state index in [0.29, 0.717) is 12.2 Å². The van der Waals surface area contributed by atoms with Crippen LogP contribution in [0.3, 0.4) is 0 Å². The third-order valence-electron chi connectivity index (χ3n) is 2.37. The first-order chi connectivity index (χ1) is 8.27. The van der Waals surface area contributed by atoms with Gasteiger partial charge in [-0.2, -0.15) is 0 Å². The SMILES string of the molecule is O=C(O)N(Cc1ccccc1)c1cccnc1. The van der Waals surface area contributed by atoms with Crippen molar-refractivity contribution in [3.05, 3.63) is 60.4 Å². The predicted molar refractivity (Wildman–Crippen MR) is 64.9 cm³/mol. The van der Waals surface area contributed by atoms with Crippen LogP contribution in [0.25, 0.3) is 0 Å². The third kappa shape index (κ3) is 2.81. The molecule has 0 aliphatic heterocycles. The lowest BCUT2D eigenvalue weighted by Crippen LogP contribution is -2.28. The van der Waals surface area contributed by atoms with Crippen molar-refractivity contribution in [3.8, 4) is 0 Å². The fourth-order valence-electron chi connectivity index (χ4n) is 1.55. The zero-order chi connectivity index (χ0) is 12.1. The Bertz CT molecular complexity index is 485. The average molecular weight is 228 g/mol. The van der Waals surface area contributed by atoms with E-state index in [2.05, 4.69) is 4.98 Å². The van der Waals surface area contributed by atoms with Crippen molar-refractivity contribution in [2.45, 2.75) is 6.54 Å². The fourth-order valence-corrected chi connectivity index (χ4v) is 1.55. The van der Waals surface area contributed by atoms with Gasteiger partial charge in [-0.15, -0.1) is 0 Å². The molecule has 1 aromatic heterocycles. The molecule has 4 heteroatoms. The van der Waals surface area contributed by atoms with Crippen LogP contribution in [0.4, 0.5) is 10.5 Å². The molecule has 0 saturated heterocycles. The van der Waals surface area contributed by atoms with Gasteiger partial charge in [0.05, 0.1) is 18.4 Å². The van der Waals surface area contributed by atoms with Crippen LogP contribution in [0, 0.1) is 0 Å². The van der Waals surface area contributed by atoms with Crippen molar-refractivity contribution < 1.29 is 9.90 Å². The molecular formula is C13H12N2O2. The Labute approximate surface area is 99.2 Å². The van der Waals surface area contributed by atoms with Crippen molar-refractivity contribution in [1.29, 1.82) is 0 Å². The van der Waals surface area contributed by atoms with Gasteiger partial charge < -0.3 is 5.11 Å². The summed E-state index contributed by atoms with van der Waals surface area (Å²) in [6.07, 6.45) is 2.17. The number of anilines is 1. The topological polar surface area (TPSA) is 53.4 Å². The molecule has 1 amide bonds. The van der Waals surface area contributed by atoms with E-state index in [0.717, 1.165) is 5.56 Å². The van der Waals surface area contributed by atoms with Crippen molar-refractivity contribution >= 4 is 11.8 Å². The Balaban J connectivity index is 2.23. The minimum absolute atomic E-state index is 0.321. The molecule has 0 fully saturated rings. The lowest BCUT2D eigenvalue weighted by Gasteiger charge is -2.18. The molecule has 1 N–H and O–H groups in total. The summed E-state index contributed by atoms with van der Waals surface area (Å²) in [7, 11) is 0.